The number of nitrogens with one attached hydrogen (secondary N) is 1. The SMILES string of the molecule is CCCC(N)CC(=O)Nc1ccc(C)nc1C. The van der Waals surface area contributed by atoms with Crippen molar-refractivity contribution < 1.29 is 4.79 Å². The predicted molar refractivity (Wildman–Crippen MR) is 69.8 cm³/mol. The van der Waals surface area contributed by atoms with Crippen LogP contribution in [-0.4, -0.2) is 16.9 Å². The van der Waals surface area contributed by atoms with Gasteiger partial charge >= 0.3 is 0 Å². The van der Waals surface area contributed by atoms with Crippen molar-refractivity contribution in [2.24, 2.45) is 5.73 Å². The van der Waals surface area contributed by atoms with Crippen LogP contribution in [0, 0.1) is 13.8 Å². The molecule has 94 valence electrons. The third kappa shape index (κ3) is 4.53. The van der Waals surface area contributed by atoms with Gasteiger partial charge in [-0.25, -0.2) is 0 Å². The van der Waals surface area contributed by atoms with Crippen molar-refractivity contribution in [3.63, 3.8) is 0 Å². The smallest absolute Gasteiger partial charge is 0.225 e. The van der Waals surface area contributed by atoms with Crippen molar-refractivity contribution in [1.29, 1.82) is 0 Å². The van der Waals surface area contributed by atoms with E-state index in [4.69, 9.17) is 5.73 Å². The van der Waals surface area contributed by atoms with Crippen LogP contribution in [-0.2, 0) is 4.79 Å². The molecule has 0 saturated heterocycles. The fourth-order valence-corrected chi connectivity index (χ4v) is 1.73. The maximum Gasteiger partial charge on any atom is 0.225 e. The Kier molecular flexibility index (Phi) is 5.10. The van der Waals surface area contributed by atoms with Crippen LogP contribution in [0.15, 0.2) is 12.1 Å². The Bertz CT molecular complexity index is 390. The Labute approximate surface area is 103 Å². The zero-order chi connectivity index (χ0) is 12.8. The van der Waals surface area contributed by atoms with Gasteiger partial charge in [0.15, 0.2) is 0 Å². The van der Waals surface area contributed by atoms with Gasteiger partial charge in [-0.1, -0.05) is 13.3 Å². The van der Waals surface area contributed by atoms with E-state index < -0.39 is 0 Å². The van der Waals surface area contributed by atoms with Crippen LogP contribution in [0.25, 0.3) is 0 Å². The number of carbonyl (C=O) groups excluding carboxylic acids is 1. The topological polar surface area (TPSA) is 68.0 Å². The van der Waals surface area contributed by atoms with Crippen molar-refractivity contribution in [2.45, 2.75) is 46.1 Å². The van der Waals surface area contributed by atoms with E-state index in [-0.39, 0.29) is 11.9 Å². The first-order valence-corrected chi connectivity index (χ1v) is 6.02. The minimum absolute atomic E-state index is 0.0419. The molecular formula is C13H21N3O. The van der Waals surface area contributed by atoms with E-state index in [2.05, 4.69) is 17.2 Å². The van der Waals surface area contributed by atoms with Crippen LogP contribution in [0.4, 0.5) is 5.69 Å². The number of amides is 1. The number of aryl methyl sites for hydroxylation is 2. The van der Waals surface area contributed by atoms with Crippen LogP contribution < -0.4 is 11.1 Å². The second-order valence-electron chi connectivity index (χ2n) is 4.39. The lowest BCUT2D eigenvalue weighted by Crippen LogP contribution is -2.27. The summed E-state index contributed by atoms with van der Waals surface area (Å²) in [6.07, 6.45) is 2.24. The van der Waals surface area contributed by atoms with Gasteiger partial charge in [0, 0.05) is 18.2 Å². The number of nitrogens with two attached hydrogens (primary N) is 1. The largest absolute Gasteiger partial charge is 0.327 e. The highest BCUT2D eigenvalue weighted by molar-refractivity contribution is 5.91. The zero-order valence-corrected chi connectivity index (χ0v) is 10.8. The van der Waals surface area contributed by atoms with Crippen LogP contribution >= 0.6 is 0 Å². The average molecular weight is 235 g/mol. The molecule has 4 nitrogen and oxygen atoms in total. The molecule has 0 aliphatic carbocycles. The van der Waals surface area contributed by atoms with Gasteiger partial charge in [0.2, 0.25) is 5.91 Å². The van der Waals surface area contributed by atoms with Crippen molar-refractivity contribution in [1.82, 2.24) is 4.98 Å². The molecule has 4 heteroatoms. The maximum atomic E-state index is 11.7. The molecule has 17 heavy (non-hydrogen) atoms. The minimum Gasteiger partial charge on any atom is -0.327 e. The molecule has 0 fully saturated rings. The van der Waals surface area contributed by atoms with E-state index in [1.807, 2.05) is 26.0 Å². The van der Waals surface area contributed by atoms with Crippen LogP contribution in [0.1, 0.15) is 37.6 Å². The summed E-state index contributed by atoms with van der Waals surface area (Å²) in [5.74, 6) is -0.0419. The van der Waals surface area contributed by atoms with Gasteiger partial charge in [-0.15, -0.1) is 0 Å². The summed E-state index contributed by atoms with van der Waals surface area (Å²) < 4.78 is 0. The third-order valence-corrected chi connectivity index (χ3v) is 2.61. The van der Waals surface area contributed by atoms with E-state index in [1.54, 1.807) is 0 Å². The summed E-state index contributed by atoms with van der Waals surface area (Å²) in [6, 6.07) is 3.70. The van der Waals surface area contributed by atoms with Gasteiger partial charge in [0.1, 0.15) is 0 Å². The number of hydrogen-bond acceptors (Lipinski definition) is 3. The normalized spacial score (nSPS) is 12.2. The minimum atomic E-state index is -0.0567. The van der Waals surface area contributed by atoms with Gasteiger partial charge in [-0.2, -0.15) is 0 Å². The first kappa shape index (κ1) is 13.6. The van der Waals surface area contributed by atoms with E-state index in [9.17, 15) is 4.79 Å². The highest BCUT2D eigenvalue weighted by Gasteiger charge is 2.10. The highest BCUT2D eigenvalue weighted by atomic mass is 16.1. The molecule has 1 unspecified atom stereocenters. The molecule has 1 aromatic heterocycles. The van der Waals surface area contributed by atoms with Crippen LogP contribution in [0.2, 0.25) is 0 Å². The standard InChI is InChI=1S/C13H21N3O/c1-4-5-11(14)8-13(17)16-12-7-6-9(2)15-10(12)3/h6-7,11H,4-5,8,14H2,1-3H3,(H,16,17). The van der Waals surface area contributed by atoms with Crippen LogP contribution in [0.3, 0.4) is 0 Å². The number of anilines is 1. The monoisotopic (exact) mass is 235 g/mol. The van der Waals surface area contributed by atoms with E-state index in [0.717, 1.165) is 29.9 Å². The molecule has 1 atom stereocenters. The second kappa shape index (κ2) is 6.35. The Morgan fingerprint density at radius 2 is 2.18 bits per heavy atom. The quantitative estimate of drug-likeness (QED) is 0.821. The summed E-state index contributed by atoms with van der Waals surface area (Å²) in [7, 11) is 0. The van der Waals surface area contributed by atoms with Gasteiger partial charge in [-0.3, -0.25) is 9.78 Å². The Balaban J connectivity index is 2.56. The van der Waals surface area contributed by atoms with Crippen LogP contribution in [0.5, 0.6) is 0 Å². The van der Waals surface area contributed by atoms with E-state index in [1.165, 1.54) is 0 Å². The molecule has 3 N–H and O–H groups in total. The molecule has 1 amide bonds. The van der Waals surface area contributed by atoms with Gasteiger partial charge in [0.25, 0.3) is 0 Å². The van der Waals surface area contributed by atoms with Crippen molar-refractivity contribution in [3.05, 3.63) is 23.5 Å². The second-order valence-corrected chi connectivity index (χ2v) is 4.39. The molecule has 0 bridgehead atoms. The Hall–Kier alpha value is -1.42. The molecule has 0 aliphatic rings. The Morgan fingerprint density at radius 1 is 1.47 bits per heavy atom. The average Bonchev–Trinajstić information content (AvgIpc) is 2.22. The summed E-state index contributed by atoms with van der Waals surface area (Å²) in [5.41, 5.74) is 8.38. The predicted octanol–water partition coefficient (Wildman–Crippen LogP) is 2.15. The number of aromatic nitrogens is 1. The molecule has 1 rings (SSSR count). The summed E-state index contributed by atoms with van der Waals surface area (Å²) in [4.78, 5) is 16.0. The number of rotatable bonds is 5. The number of nitrogens with zero attached hydrogens (tertiary/aromatic N) is 1. The summed E-state index contributed by atoms with van der Waals surface area (Å²) in [6.45, 7) is 5.87. The van der Waals surface area contributed by atoms with Crippen molar-refractivity contribution >= 4 is 11.6 Å². The maximum absolute atomic E-state index is 11.7. The fourth-order valence-electron chi connectivity index (χ4n) is 1.73. The molecule has 0 saturated carbocycles. The molecule has 1 aromatic rings. The molecule has 1 heterocycles. The third-order valence-electron chi connectivity index (χ3n) is 2.61. The highest BCUT2D eigenvalue weighted by Crippen LogP contribution is 2.13. The van der Waals surface area contributed by atoms with E-state index in [0.29, 0.717) is 6.42 Å². The lowest BCUT2D eigenvalue weighted by Gasteiger charge is -2.12. The van der Waals surface area contributed by atoms with Gasteiger partial charge in [-0.05, 0) is 32.4 Å². The first-order valence-electron chi connectivity index (χ1n) is 6.02. The molecule has 0 aliphatic heterocycles. The Morgan fingerprint density at radius 3 is 2.76 bits per heavy atom. The summed E-state index contributed by atoms with van der Waals surface area (Å²) in [5, 5.41) is 2.85. The summed E-state index contributed by atoms with van der Waals surface area (Å²) >= 11 is 0. The van der Waals surface area contributed by atoms with Crippen molar-refractivity contribution in [2.75, 3.05) is 5.32 Å². The van der Waals surface area contributed by atoms with Gasteiger partial charge in [0.05, 0.1) is 11.4 Å². The lowest BCUT2D eigenvalue weighted by atomic mass is 10.1. The fraction of sp³-hybridized carbons (Fsp3) is 0.538. The zero-order valence-electron chi connectivity index (χ0n) is 10.8. The first-order chi connectivity index (χ1) is 8.02. The molecule has 0 radical (unpaired) electrons. The molecular weight excluding hydrogens is 214 g/mol. The number of pyridine rings is 1. The molecule has 0 aromatic carbocycles. The number of hydrogen-bond donors (Lipinski definition) is 2. The van der Waals surface area contributed by atoms with Gasteiger partial charge < -0.3 is 11.1 Å². The lowest BCUT2D eigenvalue weighted by molar-refractivity contribution is -0.116. The van der Waals surface area contributed by atoms with E-state index >= 15 is 0 Å². The molecule has 0 spiro atoms. The van der Waals surface area contributed by atoms with Crippen molar-refractivity contribution in [3.8, 4) is 0 Å². The number of carbonyl (C=O) groups is 1.